The minimum atomic E-state index is -3.16. The summed E-state index contributed by atoms with van der Waals surface area (Å²) in [7, 11) is 1.06. The van der Waals surface area contributed by atoms with Gasteiger partial charge in [0.1, 0.15) is 5.82 Å². The van der Waals surface area contributed by atoms with Crippen LogP contribution >= 0.6 is 0 Å². The molecule has 0 fully saturated rings. The lowest BCUT2D eigenvalue weighted by Crippen LogP contribution is -2.10. The van der Waals surface area contributed by atoms with Crippen molar-refractivity contribution in [1.29, 1.82) is 0 Å². The van der Waals surface area contributed by atoms with Crippen LogP contribution in [0, 0.1) is 11.8 Å². The maximum atomic E-state index is 13.1. The molecule has 0 radical (unpaired) electrons. The highest BCUT2D eigenvalue weighted by Crippen LogP contribution is 2.22. The Bertz CT molecular complexity index is 409. The Morgan fingerprint density at radius 1 is 1.50 bits per heavy atom. The van der Waals surface area contributed by atoms with E-state index in [1.165, 1.54) is 0 Å². The Hall–Kier alpha value is -1.66. The second-order valence-corrected chi connectivity index (χ2v) is 2.85. The van der Waals surface area contributed by atoms with Gasteiger partial charge in [-0.3, -0.25) is 4.79 Å². The van der Waals surface area contributed by atoms with Crippen molar-refractivity contribution in [2.75, 3.05) is 7.11 Å². The number of pyridine rings is 1. The Labute approximate surface area is 88.0 Å². The van der Waals surface area contributed by atoms with E-state index in [4.69, 9.17) is 0 Å². The number of esters is 1. The maximum absolute atomic E-state index is 13.1. The van der Waals surface area contributed by atoms with Gasteiger partial charge < -0.3 is 4.74 Å². The molecule has 88 valence electrons. The summed E-state index contributed by atoms with van der Waals surface area (Å²) in [5.41, 5.74) is -1.69. The Balaban J connectivity index is 3.05. The Kier molecular flexibility index (Phi) is 3.81. The van der Waals surface area contributed by atoms with E-state index < -0.39 is 41.8 Å². The molecule has 0 saturated carbocycles. The van der Waals surface area contributed by atoms with Crippen molar-refractivity contribution < 1.29 is 27.1 Å². The fraction of sp³-hybridized carbons (Fsp3) is 0.333. The molecule has 0 atom stereocenters. The van der Waals surface area contributed by atoms with Gasteiger partial charge in [-0.15, -0.1) is 0 Å². The first kappa shape index (κ1) is 12.4. The molecule has 1 heterocycles. The molecule has 0 unspecified atom stereocenters. The van der Waals surface area contributed by atoms with Crippen molar-refractivity contribution in [2.24, 2.45) is 0 Å². The second kappa shape index (κ2) is 4.91. The summed E-state index contributed by atoms with van der Waals surface area (Å²) < 4.78 is 54.5. The van der Waals surface area contributed by atoms with Gasteiger partial charge in [0.2, 0.25) is 5.95 Å². The molecule has 3 nitrogen and oxygen atoms in total. The van der Waals surface area contributed by atoms with Gasteiger partial charge in [0.25, 0.3) is 6.43 Å². The Morgan fingerprint density at radius 2 is 2.12 bits per heavy atom. The molecule has 0 aliphatic carbocycles. The fourth-order valence-electron chi connectivity index (χ4n) is 1.00. The topological polar surface area (TPSA) is 39.2 Å². The van der Waals surface area contributed by atoms with Gasteiger partial charge in [-0.25, -0.2) is 18.2 Å². The number of carbonyl (C=O) groups is 1. The minimum absolute atomic E-state index is 0.325. The van der Waals surface area contributed by atoms with Crippen LogP contribution < -0.4 is 0 Å². The number of aromatic nitrogens is 1. The first-order valence-corrected chi connectivity index (χ1v) is 4.15. The van der Waals surface area contributed by atoms with Crippen LogP contribution in [0.25, 0.3) is 0 Å². The highest BCUT2D eigenvalue weighted by Gasteiger charge is 2.20. The molecular formula is C9H7F4NO2. The van der Waals surface area contributed by atoms with Crippen molar-refractivity contribution in [3.05, 3.63) is 29.1 Å². The molecule has 7 heteroatoms. The average molecular weight is 237 g/mol. The van der Waals surface area contributed by atoms with Crippen molar-refractivity contribution in [3.8, 4) is 0 Å². The molecule has 0 aliphatic rings. The number of hydrogen-bond acceptors (Lipinski definition) is 3. The first-order valence-electron chi connectivity index (χ1n) is 4.15. The maximum Gasteiger partial charge on any atom is 0.311 e. The van der Waals surface area contributed by atoms with Crippen molar-refractivity contribution >= 4 is 5.97 Å². The fourth-order valence-corrected chi connectivity index (χ4v) is 1.00. The van der Waals surface area contributed by atoms with Crippen LogP contribution in [-0.4, -0.2) is 18.1 Å². The van der Waals surface area contributed by atoms with Gasteiger partial charge in [-0.2, -0.15) is 4.39 Å². The summed E-state index contributed by atoms with van der Waals surface area (Å²) in [6, 6.07) is 0.325. The molecule has 1 aromatic rings. The number of carbonyl (C=O) groups excluding carboxylic acids is 1. The van der Waals surface area contributed by atoms with E-state index in [2.05, 4.69) is 9.72 Å². The number of halogens is 4. The number of rotatable bonds is 3. The standard InChI is InChI=1S/C9H7F4NO2/c1-16-7(15)3-6-5(10)2-4(8(11)12)9(13)14-6/h2,8H,3H2,1H3. The minimum Gasteiger partial charge on any atom is -0.469 e. The van der Waals surface area contributed by atoms with Crippen LogP contribution in [0.5, 0.6) is 0 Å². The SMILES string of the molecule is COC(=O)Cc1nc(F)c(C(F)F)cc1F. The molecular weight excluding hydrogens is 230 g/mol. The molecule has 0 aromatic carbocycles. The lowest BCUT2D eigenvalue weighted by Gasteiger charge is -2.05. The van der Waals surface area contributed by atoms with Gasteiger partial charge in [0.05, 0.1) is 24.8 Å². The third-order valence-corrected chi connectivity index (χ3v) is 1.80. The molecule has 16 heavy (non-hydrogen) atoms. The summed E-state index contributed by atoms with van der Waals surface area (Å²) in [5.74, 6) is -3.49. The number of ether oxygens (including phenoxy) is 1. The normalized spacial score (nSPS) is 10.6. The zero-order valence-corrected chi connectivity index (χ0v) is 8.14. The average Bonchev–Trinajstić information content (AvgIpc) is 2.22. The highest BCUT2D eigenvalue weighted by molar-refractivity contribution is 5.71. The van der Waals surface area contributed by atoms with Gasteiger partial charge in [-0.05, 0) is 6.07 Å². The van der Waals surface area contributed by atoms with E-state index in [0.717, 1.165) is 7.11 Å². The van der Waals surface area contributed by atoms with Crippen LogP contribution in [0.2, 0.25) is 0 Å². The van der Waals surface area contributed by atoms with Gasteiger partial charge in [-0.1, -0.05) is 0 Å². The van der Waals surface area contributed by atoms with E-state index in [1.54, 1.807) is 0 Å². The van der Waals surface area contributed by atoms with E-state index >= 15 is 0 Å². The van der Waals surface area contributed by atoms with Crippen molar-refractivity contribution in [2.45, 2.75) is 12.8 Å². The molecule has 0 bridgehead atoms. The summed E-state index contributed by atoms with van der Waals surface area (Å²) in [5, 5.41) is 0. The van der Waals surface area contributed by atoms with Crippen LogP contribution in [0.3, 0.4) is 0 Å². The number of alkyl halides is 2. The zero-order valence-electron chi connectivity index (χ0n) is 8.14. The third kappa shape index (κ3) is 2.68. The monoisotopic (exact) mass is 237 g/mol. The van der Waals surface area contributed by atoms with Gasteiger partial charge in [0.15, 0.2) is 0 Å². The van der Waals surface area contributed by atoms with E-state index in [0.29, 0.717) is 6.07 Å². The highest BCUT2D eigenvalue weighted by atomic mass is 19.3. The van der Waals surface area contributed by atoms with Crippen molar-refractivity contribution in [1.82, 2.24) is 4.98 Å². The van der Waals surface area contributed by atoms with Crippen LogP contribution in [-0.2, 0) is 16.0 Å². The Morgan fingerprint density at radius 3 is 2.62 bits per heavy atom. The number of methoxy groups -OCH3 is 1. The van der Waals surface area contributed by atoms with Crippen LogP contribution in [0.15, 0.2) is 6.07 Å². The summed E-state index contributed by atoms with van der Waals surface area (Å²) in [4.78, 5) is 13.7. The molecule has 1 aromatic heterocycles. The largest absolute Gasteiger partial charge is 0.469 e. The second-order valence-electron chi connectivity index (χ2n) is 2.85. The lowest BCUT2D eigenvalue weighted by atomic mass is 10.2. The molecule has 0 saturated heterocycles. The lowest BCUT2D eigenvalue weighted by molar-refractivity contribution is -0.139. The third-order valence-electron chi connectivity index (χ3n) is 1.80. The molecule has 0 N–H and O–H groups in total. The quantitative estimate of drug-likeness (QED) is 0.458. The number of hydrogen-bond donors (Lipinski definition) is 0. The molecule has 0 amide bonds. The van der Waals surface area contributed by atoms with Gasteiger partial charge in [0, 0.05) is 0 Å². The summed E-state index contributed by atoms with van der Waals surface area (Å²) in [6.45, 7) is 0. The van der Waals surface area contributed by atoms with Crippen LogP contribution in [0.4, 0.5) is 17.6 Å². The van der Waals surface area contributed by atoms with E-state index in [9.17, 15) is 22.4 Å². The van der Waals surface area contributed by atoms with E-state index in [1.807, 2.05) is 0 Å². The predicted octanol–water partition coefficient (Wildman–Crippen LogP) is 2.01. The zero-order chi connectivity index (χ0) is 12.3. The summed E-state index contributed by atoms with van der Waals surface area (Å²) in [6.07, 6.45) is -3.77. The predicted molar refractivity (Wildman–Crippen MR) is 44.8 cm³/mol. The van der Waals surface area contributed by atoms with Crippen molar-refractivity contribution in [3.63, 3.8) is 0 Å². The molecule has 0 spiro atoms. The smallest absolute Gasteiger partial charge is 0.311 e. The molecule has 0 aliphatic heterocycles. The van der Waals surface area contributed by atoms with Gasteiger partial charge >= 0.3 is 5.97 Å². The molecule has 1 rings (SSSR count). The van der Waals surface area contributed by atoms with E-state index in [-0.39, 0.29) is 0 Å². The van der Waals surface area contributed by atoms with Crippen LogP contribution in [0.1, 0.15) is 17.7 Å². The first-order chi connectivity index (χ1) is 7.45. The summed E-state index contributed by atoms with van der Waals surface area (Å²) >= 11 is 0. The number of nitrogens with zero attached hydrogens (tertiary/aromatic N) is 1.